The second kappa shape index (κ2) is 5.36. The maximum Gasteiger partial charge on any atom is 0.123 e. The van der Waals surface area contributed by atoms with Crippen molar-refractivity contribution < 1.29 is 8.81 Å². The second-order valence-corrected chi connectivity index (χ2v) is 4.55. The molecule has 0 aliphatic rings. The molecule has 1 atom stereocenters. The molecule has 96 valence electrons. The van der Waals surface area contributed by atoms with Gasteiger partial charge in [-0.15, -0.1) is 0 Å². The first-order chi connectivity index (χ1) is 8.61. The Morgan fingerprint density at radius 2 is 2.06 bits per heavy atom. The summed E-state index contributed by atoms with van der Waals surface area (Å²) < 4.78 is 18.4. The van der Waals surface area contributed by atoms with E-state index in [4.69, 9.17) is 4.42 Å². The maximum atomic E-state index is 13.1. The van der Waals surface area contributed by atoms with Gasteiger partial charge in [0.25, 0.3) is 0 Å². The minimum Gasteiger partial charge on any atom is -0.469 e. The third-order valence-electron chi connectivity index (χ3n) is 3.35. The van der Waals surface area contributed by atoms with Crippen LogP contribution in [0.4, 0.5) is 4.39 Å². The first kappa shape index (κ1) is 12.8. The molecule has 0 aliphatic heterocycles. The van der Waals surface area contributed by atoms with E-state index in [1.807, 2.05) is 33.0 Å². The van der Waals surface area contributed by atoms with E-state index in [-0.39, 0.29) is 11.9 Å². The van der Waals surface area contributed by atoms with Gasteiger partial charge in [-0.2, -0.15) is 0 Å². The molecule has 0 saturated carbocycles. The van der Waals surface area contributed by atoms with Crippen LogP contribution in [0.15, 0.2) is 34.9 Å². The van der Waals surface area contributed by atoms with Crippen molar-refractivity contribution >= 4 is 0 Å². The molecule has 1 unspecified atom stereocenters. The number of hydrogen-bond acceptors (Lipinski definition) is 2. The van der Waals surface area contributed by atoms with E-state index < -0.39 is 0 Å². The summed E-state index contributed by atoms with van der Waals surface area (Å²) in [6.07, 6.45) is 2.52. The van der Waals surface area contributed by atoms with Crippen LogP contribution in [0, 0.1) is 19.7 Å². The van der Waals surface area contributed by atoms with Crippen LogP contribution in [-0.2, 0) is 6.42 Å². The Balaban J connectivity index is 2.23. The molecule has 0 bridgehead atoms. The van der Waals surface area contributed by atoms with E-state index in [1.165, 1.54) is 6.07 Å². The fraction of sp³-hybridized carbons (Fsp3) is 0.333. The Kier molecular flexibility index (Phi) is 3.82. The molecule has 0 saturated heterocycles. The van der Waals surface area contributed by atoms with Crippen LogP contribution < -0.4 is 5.32 Å². The van der Waals surface area contributed by atoms with Crippen LogP contribution in [0.1, 0.15) is 28.5 Å². The number of hydrogen-bond donors (Lipinski definition) is 1. The lowest BCUT2D eigenvalue weighted by molar-refractivity contribution is 0.511. The van der Waals surface area contributed by atoms with Gasteiger partial charge in [0.1, 0.15) is 11.6 Å². The summed E-state index contributed by atoms with van der Waals surface area (Å²) in [5, 5.41) is 3.28. The number of halogens is 1. The highest BCUT2D eigenvalue weighted by molar-refractivity contribution is 5.30. The molecule has 2 aromatic rings. The molecular weight excluding hydrogens is 229 g/mol. The Morgan fingerprint density at radius 1 is 1.28 bits per heavy atom. The van der Waals surface area contributed by atoms with Gasteiger partial charge < -0.3 is 9.73 Å². The van der Waals surface area contributed by atoms with Crippen molar-refractivity contribution in [1.29, 1.82) is 0 Å². The van der Waals surface area contributed by atoms with E-state index in [0.717, 1.165) is 28.9 Å². The van der Waals surface area contributed by atoms with E-state index in [9.17, 15) is 4.39 Å². The van der Waals surface area contributed by atoms with Gasteiger partial charge in [0.15, 0.2) is 0 Å². The van der Waals surface area contributed by atoms with Crippen LogP contribution >= 0.6 is 0 Å². The van der Waals surface area contributed by atoms with Crippen molar-refractivity contribution in [3.63, 3.8) is 0 Å². The number of benzene rings is 1. The lowest BCUT2D eigenvalue weighted by Crippen LogP contribution is -2.19. The van der Waals surface area contributed by atoms with Gasteiger partial charge in [0.2, 0.25) is 0 Å². The highest BCUT2D eigenvalue weighted by Gasteiger charge is 2.15. The summed E-state index contributed by atoms with van der Waals surface area (Å²) in [6.45, 7) is 3.89. The van der Waals surface area contributed by atoms with Gasteiger partial charge in [-0.05, 0) is 56.6 Å². The van der Waals surface area contributed by atoms with Gasteiger partial charge >= 0.3 is 0 Å². The number of rotatable bonds is 4. The Hall–Kier alpha value is -1.61. The minimum atomic E-state index is -0.184. The van der Waals surface area contributed by atoms with Gasteiger partial charge in [0.05, 0.1) is 6.26 Å². The zero-order valence-electron chi connectivity index (χ0n) is 11.0. The summed E-state index contributed by atoms with van der Waals surface area (Å²) in [4.78, 5) is 0. The van der Waals surface area contributed by atoms with Crippen LogP contribution in [0.5, 0.6) is 0 Å². The smallest absolute Gasteiger partial charge is 0.123 e. The summed E-state index contributed by atoms with van der Waals surface area (Å²) >= 11 is 0. The topological polar surface area (TPSA) is 25.2 Å². The molecule has 0 fully saturated rings. The monoisotopic (exact) mass is 247 g/mol. The maximum absolute atomic E-state index is 13.1. The Labute approximate surface area is 107 Å². The van der Waals surface area contributed by atoms with Crippen molar-refractivity contribution in [3.05, 3.63) is 58.8 Å². The lowest BCUT2D eigenvalue weighted by Gasteiger charge is -2.17. The van der Waals surface area contributed by atoms with Crippen molar-refractivity contribution in [2.45, 2.75) is 26.3 Å². The molecule has 0 radical (unpaired) electrons. The molecule has 1 N–H and O–H groups in total. The standard InChI is InChI=1S/C15H18FNO/c1-10-8-13(16)5-4-12(10)9-15(17-3)14-6-7-18-11(14)2/h4-8,15,17H,9H2,1-3H3. The molecule has 2 rings (SSSR count). The highest BCUT2D eigenvalue weighted by Crippen LogP contribution is 2.24. The molecule has 1 aromatic heterocycles. The molecule has 0 aliphatic carbocycles. The number of aryl methyl sites for hydroxylation is 2. The van der Waals surface area contributed by atoms with Crippen LogP contribution in [0.25, 0.3) is 0 Å². The zero-order chi connectivity index (χ0) is 13.1. The summed E-state index contributed by atoms with van der Waals surface area (Å²) in [7, 11) is 1.93. The van der Waals surface area contributed by atoms with Gasteiger partial charge in [-0.1, -0.05) is 6.07 Å². The van der Waals surface area contributed by atoms with E-state index in [0.29, 0.717) is 0 Å². The molecule has 2 nitrogen and oxygen atoms in total. The first-order valence-corrected chi connectivity index (χ1v) is 6.08. The predicted molar refractivity (Wildman–Crippen MR) is 70.1 cm³/mol. The largest absolute Gasteiger partial charge is 0.469 e. The summed E-state index contributed by atoms with van der Waals surface area (Å²) in [6, 6.07) is 7.11. The SMILES string of the molecule is CNC(Cc1ccc(F)cc1C)c1ccoc1C. The molecule has 1 heterocycles. The molecule has 0 spiro atoms. The molecule has 1 aromatic carbocycles. The fourth-order valence-electron chi connectivity index (χ4n) is 2.23. The Morgan fingerprint density at radius 3 is 2.61 bits per heavy atom. The average Bonchev–Trinajstić information content (AvgIpc) is 2.75. The van der Waals surface area contributed by atoms with E-state index >= 15 is 0 Å². The third-order valence-corrected chi connectivity index (χ3v) is 3.35. The fourth-order valence-corrected chi connectivity index (χ4v) is 2.23. The number of furan rings is 1. The summed E-state index contributed by atoms with van der Waals surface area (Å²) in [5.41, 5.74) is 3.29. The van der Waals surface area contributed by atoms with Crippen molar-refractivity contribution in [3.8, 4) is 0 Å². The molecule has 0 amide bonds. The first-order valence-electron chi connectivity index (χ1n) is 6.08. The van der Waals surface area contributed by atoms with Crippen LogP contribution in [0.2, 0.25) is 0 Å². The van der Waals surface area contributed by atoms with Crippen molar-refractivity contribution in [2.75, 3.05) is 7.05 Å². The quantitative estimate of drug-likeness (QED) is 0.894. The van der Waals surface area contributed by atoms with Crippen molar-refractivity contribution in [2.24, 2.45) is 0 Å². The van der Waals surface area contributed by atoms with Gasteiger partial charge in [-0.3, -0.25) is 0 Å². The normalized spacial score (nSPS) is 12.7. The second-order valence-electron chi connectivity index (χ2n) is 4.55. The Bertz CT molecular complexity index is 533. The highest BCUT2D eigenvalue weighted by atomic mass is 19.1. The minimum absolute atomic E-state index is 0.184. The van der Waals surface area contributed by atoms with Crippen LogP contribution in [0.3, 0.4) is 0 Å². The number of nitrogens with one attached hydrogen (secondary N) is 1. The lowest BCUT2D eigenvalue weighted by atomic mass is 9.96. The number of likely N-dealkylation sites (N-methyl/N-ethyl adjacent to an activating group) is 1. The van der Waals surface area contributed by atoms with Gasteiger partial charge in [0, 0.05) is 11.6 Å². The molecular formula is C15H18FNO. The third kappa shape index (κ3) is 2.62. The van der Waals surface area contributed by atoms with E-state index in [2.05, 4.69) is 5.32 Å². The van der Waals surface area contributed by atoms with Crippen LogP contribution in [-0.4, -0.2) is 7.05 Å². The summed E-state index contributed by atoms with van der Waals surface area (Å²) in [5.74, 6) is 0.742. The van der Waals surface area contributed by atoms with E-state index in [1.54, 1.807) is 12.3 Å². The zero-order valence-corrected chi connectivity index (χ0v) is 11.0. The predicted octanol–water partition coefficient (Wildman–Crippen LogP) is 3.54. The van der Waals surface area contributed by atoms with Crippen molar-refractivity contribution in [1.82, 2.24) is 5.32 Å². The average molecular weight is 247 g/mol. The van der Waals surface area contributed by atoms with Gasteiger partial charge in [-0.25, -0.2) is 4.39 Å². The molecule has 18 heavy (non-hydrogen) atoms. The molecule has 3 heteroatoms.